The fraction of sp³-hybridized carbons (Fsp3) is 0.292. The zero-order valence-corrected chi connectivity index (χ0v) is 17.8. The summed E-state index contributed by atoms with van der Waals surface area (Å²) in [5.41, 5.74) is 2.97. The number of likely N-dealkylation sites (N-methyl/N-ethyl adjacent to an activating group) is 1. The van der Waals surface area contributed by atoms with Gasteiger partial charge in [-0.1, -0.05) is 0 Å². The smallest absolute Gasteiger partial charge is 0.169 e. The van der Waals surface area contributed by atoms with E-state index in [1.165, 1.54) is 4.90 Å². The van der Waals surface area contributed by atoms with Crippen LogP contribution in [0.15, 0.2) is 55.2 Å². The van der Waals surface area contributed by atoms with Crippen molar-refractivity contribution in [2.75, 3.05) is 38.1 Å². The number of hydrogen-bond donors (Lipinski definition) is 0. The van der Waals surface area contributed by atoms with Crippen LogP contribution in [-0.2, 0) is 13.5 Å². The Kier molecular flexibility index (Phi) is 4.49. The van der Waals surface area contributed by atoms with Crippen LogP contribution < -0.4 is 4.90 Å². The van der Waals surface area contributed by atoms with E-state index in [4.69, 9.17) is 4.11 Å². The molecule has 32 heavy (non-hydrogen) atoms. The number of anilines is 1. The molecule has 162 valence electrons. The predicted molar refractivity (Wildman–Crippen MR) is 124 cm³/mol. The highest BCUT2D eigenvalue weighted by Gasteiger charge is 2.17. The van der Waals surface area contributed by atoms with Crippen LogP contribution in [0.25, 0.3) is 22.0 Å². The van der Waals surface area contributed by atoms with Gasteiger partial charge in [0.2, 0.25) is 0 Å². The van der Waals surface area contributed by atoms with Crippen molar-refractivity contribution in [3.05, 3.63) is 66.5 Å². The fourth-order valence-electron chi connectivity index (χ4n) is 3.86. The molecule has 8 heteroatoms. The van der Waals surface area contributed by atoms with Crippen molar-refractivity contribution in [2.45, 2.75) is 6.42 Å². The van der Waals surface area contributed by atoms with E-state index in [1.807, 2.05) is 30.3 Å². The van der Waals surface area contributed by atoms with Gasteiger partial charge in [-0.05, 0) is 36.6 Å². The van der Waals surface area contributed by atoms with Crippen molar-refractivity contribution < 1.29 is 8.91 Å². The van der Waals surface area contributed by atoms with Gasteiger partial charge in [0, 0.05) is 84.3 Å². The van der Waals surface area contributed by atoms with Crippen LogP contribution >= 0.6 is 0 Å². The highest BCUT2D eigenvalue weighted by Crippen LogP contribution is 2.22. The van der Waals surface area contributed by atoms with Gasteiger partial charge in [0.25, 0.3) is 0 Å². The number of carbonyl (C=O) groups excluding carboxylic acids is 1. The molecule has 0 spiro atoms. The molecule has 0 atom stereocenters. The molecular formula is C24H25N7O. The van der Waals surface area contributed by atoms with E-state index in [2.05, 4.69) is 20.1 Å². The molecule has 4 aromatic rings. The van der Waals surface area contributed by atoms with Crippen LogP contribution in [0.4, 0.5) is 5.82 Å². The molecule has 0 aromatic carbocycles. The number of fused-ring (bicyclic) bond motifs is 1. The Bertz CT molecular complexity index is 1380. The molecule has 8 nitrogen and oxygen atoms in total. The van der Waals surface area contributed by atoms with Gasteiger partial charge < -0.3 is 9.80 Å². The Morgan fingerprint density at radius 1 is 1.03 bits per heavy atom. The van der Waals surface area contributed by atoms with Crippen molar-refractivity contribution in [1.29, 1.82) is 0 Å². The minimum Gasteiger partial charge on any atom is -0.354 e. The van der Waals surface area contributed by atoms with Gasteiger partial charge in [0.15, 0.2) is 5.78 Å². The largest absolute Gasteiger partial charge is 0.354 e. The SMILES string of the molecule is [2H]C([2H])([2H])N1CCN(c2cc(C(=O)Cc3cc4cc(-c5cnn(C)c5)ncc4cn3)ccn2)CC1. The zero-order chi connectivity index (χ0) is 24.6. The number of nitrogens with zero attached hydrogens (tertiary/aromatic N) is 7. The second-order valence-corrected chi connectivity index (χ2v) is 7.97. The average molecular weight is 431 g/mol. The molecule has 1 aliphatic rings. The standard InChI is InChI=1S/C24H25N7O/c1-29-5-7-31(8-6-29)24-11-17(3-4-25-24)23(32)12-21-9-18-10-22(20-15-28-30(2)16-20)27-14-19(18)13-26-21/h3-4,9-11,13-16H,5-8,12H2,1-2H3/i1D3. The van der Waals surface area contributed by atoms with Crippen LogP contribution in [0.2, 0.25) is 0 Å². The predicted octanol–water partition coefficient (Wildman–Crippen LogP) is 2.60. The third-order valence-electron chi connectivity index (χ3n) is 5.67. The van der Waals surface area contributed by atoms with Crippen molar-refractivity contribution >= 4 is 22.4 Å². The molecule has 4 aromatic heterocycles. The molecule has 1 saturated heterocycles. The lowest BCUT2D eigenvalue weighted by molar-refractivity contribution is 0.0992. The van der Waals surface area contributed by atoms with Gasteiger partial charge in [-0.25, -0.2) is 4.98 Å². The van der Waals surface area contributed by atoms with Gasteiger partial charge in [-0.15, -0.1) is 0 Å². The topological polar surface area (TPSA) is 80.0 Å². The molecule has 0 unspecified atom stereocenters. The highest BCUT2D eigenvalue weighted by molar-refractivity contribution is 5.98. The van der Waals surface area contributed by atoms with E-state index < -0.39 is 6.98 Å². The summed E-state index contributed by atoms with van der Waals surface area (Å²) in [6, 6.07) is 7.38. The summed E-state index contributed by atoms with van der Waals surface area (Å²) in [4.78, 5) is 29.9. The average Bonchev–Trinajstić information content (AvgIpc) is 3.29. The lowest BCUT2D eigenvalue weighted by Crippen LogP contribution is -2.44. The number of ketones is 1. The summed E-state index contributed by atoms with van der Waals surface area (Å²) in [6.45, 7) is -0.148. The van der Waals surface area contributed by atoms with Crippen LogP contribution in [0.1, 0.15) is 20.2 Å². The van der Waals surface area contributed by atoms with Gasteiger partial charge in [0.1, 0.15) is 5.82 Å². The Balaban J connectivity index is 1.31. The number of aryl methyl sites for hydroxylation is 1. The first kappa shape index (κ1) is 17.0. The molecule has 0 radical (unpaired) electrons. The van der Waals surface area contributed by atoms with Crippen molar-refractivity contribution in [3.8, 4) is 11.3 Å². The van der Waals surface area contributed by atoms with Crippen LogP contribution in [0, 0.1) is 0 Å². The van der Waals surface area contributed by atoms with E-state index in [9.17, 15) is 4.79 Å². The zero-order valence-electron chi connectivity index (χ0n) is 20.8. The first-order valence-electron chi connectivity index (χ1n) is 12.0. The maximum Gasteiger partial charge on any atom is 0.169 e. The summed E-state index contributed by atoms with van der Waals surface area (Å²) >= 11 is 0. The van der Waals surface area contributed by atoms with E-state index in [0.29, 0.717) is 43.3 Å². The van der Waals surface area contributed by atoms with E-state index >= 15 is 0 Å². The lowest BCUT2D eigenvalue weighted by atomic mass is 10.0. The Morgan fingerprint density at radius 3 is 2.66 bits per heavy atom. The third kappa shape index (κ3) is 4.22. The molecule has 0 amide bonds. The highest BCUT2D eigenvalue weighted by atomic mass is 16.1. The first-order valence-corrected chi connectivity index (χ1v) is 10.5. The Hall–Kier alpha value is -3.65. The third-order valence-corrected chi connectivity index (χ3v) is 5.67. The van der Waals surface area contributed by atoms with Gasteiger partial charge in [0.05, 0.1) is 18.3 Å². The maximum atomic E-state index is 13.1. The fourth-order valence-corrected chi connectivity index (χ4v) is 3.86. The number of carbonyl (C=O) groups is 1. The van der Waals surface area contributed by atoms with E-state index in [1.54, 1.807) is 41.6 Å². The molecule has 1 aliphatic heterocycles. The van der Waals surface area contributed by atoms with Crippen LogP contribution in [0.5, 0.6) is 0 Å². The molecule has 1 fully saturated rings. The lowest BCUT2D eigenvalue weighted by Gasteiger charge is -2.33. The number of aromatic nitrogens is 5. The summed E-state index contributed by atoms with van der Waals surface area (Å²) in [6.07, 6.45) is 8.97. The first-order chi connectivity index (χ1) is 16.8. The number of pyridine rings is 3. The van der Waals surface area contributed by atoms with Gasteiger partial charge >= 0.3 is 0 Å². The van der Waals surface area contributed by atoms with E-state index in [0.717, 1.165) is 22.0 Å². The quantitative estimate of drug-likeness (QED) is 0.450. The van der Waals surface area contributed by atoms with Gasteiger partial charge in [-0.3, -0.25) is 19.4 Å². The summed E-state index contributed by atoms with van der Waals surface area (Å²) < 4.78 is 24.4. The number of Topliss-reactive ketones (excluding diaryl/α,β-unsaturated/α-hetero) is 1. The maximum absolute atomic E-state index is 13.1. The summed E-state index contributed by atoms with van der Waals surface area (Å²) in [5, 5.41) is 6.06. The van der Waals surface area contributed by atoms with Crippen LogP contribution in [-0.4, -0.2) is 68.6 Å². The van der Waals surface area contributed by atoms with Crippen molar-refractivity contribution in [2.24, 2.45) is 7.05 Å². The normalized spacial score (nSPS) is 16.5. The summed E-state index contributed by atoms with van der Waals surface area (Å²) in [5.74, 6) is 0.628. The minimum absolute atomic E-state index is 0.0526. The monoisotopic (exact) mass is 430 g/mol. The second kappa shape index (κ2) is 8.47. The molecule has 0 bridgehead atoms. The Labute approximate surface area is 190 Å². The number of hydrogen-bond acceptors (Lipinski definition) is 7. The Morgan fingerprint density at radius 2 is 1.88 bits per heavy atom. The molecule has 0 aliphatic carbocycles. The molecule has 5 heterocycles. The van der Waals surface area contributed by atoms with Crippen LogP contribution in [0.3, 0.4) is 0 Å². The summed E-state index contributed by atoms with van der Waals surface area (Å²) in [7, 11) is 1.86. The molecule has 5 rings (SSSR count). The van der Waals surface area contributed by atoms with Gasteiger partial charge in [-0.2, -0.15) is 5.10 Å². The number of rotatable bonds is 5. The second-order valence-electron chi connectivity index (χ2n) is 7.97. The number of piperazine rings is 1. The minimum atomic E-state index is -2.08. The molecule has 0 saturated carbocycles. The van der Waals surface area contributed by atoms with Crippen molar-refractivity contribution in [1.82, 2.24) is 29.6 Å². The molecule has 0 N–H and O–H groups in total. The van der Waals surface area contributed by atoms with Crippen molar-refractivity contribution in [3.63, 3.8) is 0 Å². The van der Waals surface area contributed by atoms with E-state index in [-0.39, 0.29) is 12.2 Å². The molecular weight excluding hydrogens is 402 g/mol.